The van der Waals surface area contributed by atoms with E-state index in [-0.39, 0.29) is 11.8 Å². The van der Waals surface area contributed by atoms with Crippen molar-refractivity contribution in [1.29, 1.82) is 0 Å². The maximum absolute atomic E-state index is 10.6. The summed E-state index contributed by atoms with van der Waals surface area (Å²) in [5.41, 5.74) is 4.80. The van der Waals surface area contributed by atoms with Gasteiger partial charge in [0.1, 0.15) is 0 Å². The van der Waals surface area contributed by atoms with Gasteiger partial charge in [-0.25, -0.2) is 4.79 Å². The molecule has 0 aliphatic rings. The number of aliphatic carboxylic acids is 1. The van der Waals surface area contributed by atoms with Crippen LogP contribution in [0.15, 0.2) is 0 Å². The highest BCUT2D eigenvalue weighted by Gasteiger charge is 2.38. The number of hydrogen-bond donors (Lipinski definition) is 2. The van der Waals surface area contributed by atoms with Gasteiger partial charge in [0.15, 0.2) is 0 Å². The number of alkyl halides is 3. The number of carboxylic acids is 1. The third kappa shape index (κ3) is 10.7. The topological polar surface area (TPSA) is 80.4 Å². The van der Waals surface area contributed by atoms with Crippen molar-refractivity contribution in [3.05, 3.63) is 0 Å². The number of carboxylic acid groups (broad SMARTS) is 1. The molecule has 0 aromatic carbocycles. The van der Waals surface area contributed by atoms with Gasteiger partial charge >= 0.3 is 12.1 Å². The van der Waals surface area contributed by atoms with E-state index in [0.29, 0.717) is 0 Å². The molecule has 0 fully saturated rings. The van der Waals surface area contributed by atoms with Gasteiger partial charge in [0, 0.05) is 5.92 Å². The standard InChI is InChI=1S/C4H9NO.C2HF3O2/c1-3(2)4(5)6;3-2(4,5)1(6)7/h3H,1-2H3,(H2,5,6);(H,6,7). The van der Waals surface area contributed by atoms with Crippen molar-refractivity contribution in [2.45, 2.75) is 20.0 Å². The fourth-order valence-corrected chi connectivity index (χ4v) is 0. The normalized spacial score (nSPS) is 10.3. The van der Waals surface area contributed by atoms with E-state index in [1.165, 1.54) is 0 Å². The first-order valence-corrected chi connectivity index (χ1v) is 3.18. The van der Waals surface area contributed by atoms with Crippen molar-refractivity contribution in [3.63, 3.8) is 0 Å². The van der Waals surface area contributed by atoms with Gasteiger partial charge in [-0.15, -0.1) is 0 Å². The van der Waals surface area contributed by atoms with Gasteiger partial charge in [-0.1, -0.05) is 13.8 Å². The largest absolute Gasteiger partial charge is 0.490 e. The molecule has 0 unspecified atom stereocenters. The highest BCUT2D eigenvalue weighted by Crippen LogP contribution is 2.13. The van der Waals surface area contributed by atoms with Crippen LogP contribution in [-0.2, 0) is 9.59 Å². The highest BCUT2D eigenvalue weighted by molar-refractivity contribution is 5.75. The molecule has 4 nitrogen and oxygen atoms in total. The van der Waals surface area contributed by atoms with Gasteiger partial charge in [-0.05, 0) is 0 Å². The number of nitrogens with two attached hydrogens (primary N) is 1. The van der Waals surface area contributed by atoms with Gasteiger partial charge in [0.2, 0.25) is 5.91 Å². The predicted molar refractivity (Wildman–Crippen MR) is 37.7 cm³/mol. The molecule has 0 aromatic heterocycles. The molecule has 13 heavy (non-hydrogen) atoms. The fraction of sp³-hybridized carbons (Fsp3) is 0.667. The summed E-state index contributed by atoms with van der Waals surface area (Å²) in [7, 11) is 0. The number of amides is 1. The Labute approximate surface area is 72.5 Å². The lowest BCUT2D eigenvalue weighted by Gasteiger charge is -1.93. The molecule has 3 N–H and O–H groups in total. The second kappa shape index (κ2) is 5.39. The van der Waals surface area contributed by atoms with Crippen LogP contribution in [-0.4, -0.2) is 23.2 Å². The SMILES string of the molecule is CC(C)C(N)=O.O=C(O)C(F)(F)F. The lowest BCUT2D eigenvalue weighted by Crippen LogP contribution is -2.21. The molecule has 0 aromatic rings. The number of rotatable bonds is 1. The van der Waals surface area contributed by atoms with Crippen molar-refractivity contribution < 1.29 is 27.9 Å². The predicted octanol–water partition coefficient (Wildman–Crippen LogP) is 0.761. The summed E-state index contributed by atoms with van der Waals surface area (Å²) in [6, 6.07) is 0. The van der Waals surface area contributed by atoms with Crippen LogP contribution in [0.3, 0.4) is 0 Å². The zero-order chi connectivity index (χ0) is 11.2. The van der Waals surface area contributed by atoms with Crippen LogP contribution in [0.2, 0.25) is 0 Å². The molecule has 0 radical (unpaired) electrons. The van der Waals surface area contributed by atoms with Gasteiger partial charge < -0.3 is 10.8 Å². The van der Waals surface area contributed by atoms with Crippen molar-refractivity contribution in [1.82, 2.24) is 0 Å². The number of carbonyl (C=O) groups is 2. The Morgan fingerprint density at radius 1 is 1.31 bits per heavy atom. The van der Waals surface area contributed by atoms with Gasteiger partial charge in [-0.3, -0.25) is 4.79 Å². The molecule has 0 atom stereocenters. The van der Waals surface area contributed by atoms with Crippen molar-refractivity contribution >= 4 is 11.9 Å². The van der Waals surface area contributed by atoms with E-state index in [4.69, 9.17) is 15.6 Å². The van der Waals surface area contributed by atoms with Crippen LogP contribution >= 0.6 is 0 Å². The van der Waals surface area contributed by atoms with E-state index in [1.54, 1.807) is 13.8 Å². The number of halogens is 3. The summed E-state index contributed by atoms with van der Waals surface area (Å²) in [5.74, 6) is -3.01. The first-order chi connectivity index (χ1) is 5.59. The van der Waals surface area contributed by atoms with E-state index >= 15 is 0 Å². The van der Waals surface area contributed by atoms with Crippen LogP contribution in [0.4, 0.5) is 13.2 Å². The Morgan fingerprint density at radius 3 is 1.46 bits per heavy atom. The van der Waals surface area contributed by atoms with E-state index < -0.39 is 12.1 Å². The van der Waals surface area contributed by atoms with Gasteiger partial charge in [0.05, 0.1) is 0 Å². The average Bonchev–Trinajstić information content (AvgIpc) is 1.86. The molecule has 0 spiro atoms. The highest BCUT2D eigenvalue weighted by atomic mass is 19.4. The van der Waals surface area contributed by atoms with Crippen LogP contribution in [0.1, 0.15) is 13.8 Å². The monoisotopic (exact) mass is 201 g/mol. The average molecular weight is 201 g/mol. The van der Waals surface area contributed by atoms with Crippen LogP contribution in [0, 0.1) is 5.92 Å². The molecule has 0 saturated carbocycles. The molecule has 0 rings (SSSR count). The fourth-order valence-electron chi connectivity index (χ4n) is 0. The van der Waals surface area contributed by atoms with E-state index in [0.717, 1.165) is 0 Å². The first kappa shape index (κ1) is 14.3. The molecule has 0 saturated heterocycles. The lowest BCUT2D eigenvalue weighted by atomic mass is 10.2. The lowest BCUT2D eigenvalue weighted by molar-refractivity contribution is -0.192. The van der Waals surface area contributed by atoms with Crippen molar-refractivity contribution in [2.24, 2.45) is 11.7 Å². The molecular weight excluding hydrogens is 191 g/mol. The maximum atomic E-state index is 10.6. The molecule has 0 aliphatic heterocycles. The van der Waals surface area contributed by atoms with Gasteiger partial charge in [0.25, 0.3) is 0 Å². The molecule has 78 valence electrons. The number of primary amides is 1. The van der Waals surface area contributed by atoms with Crippen molar-refractivity contribution in [2.75, 3.05) is 0 Å². The smallest absolute Gasteiger partial charge is 0.475 e. The Balaban J connectivity index is 0. The molecule has 0 bridgehead atoms. The summed E-state index contributed by atoms with van der Waals surface area (Å²) < 4.78 is 31.7. The summed E-state index contributed by atoms with van der Waals surface area (Å²) in [6.45, 7) is 3.53. The zero-order valence-corrected chi connectivity index (χ0v) is 7.05. The third-order valence-corrected chi connectivity index (χ3v) is 0.812. The second-order valence-electron chi connectivity index (χ2n) is 2.36. The first-order valence-electron chi connectivity index (χ1n) is 3.18. The Morgan fingerprint density at radius 2 is 1.46 bits per heavy atom. The summed E-state index contributed by atoms with van der Waals surface area (Å²) >= 11 is 0. The van der Waals surface area contributed by atoms with Crippen LogP contribution in [0.5, 0.6) is 0 Å². The number of hydrogen-bond acceptors (Lipinski definition) is 2. The summed E-state index contributed by atoms with van der Waals surface area (Å²) in [5, 5.41) is 7.12. The third-order valence-electron chi connectivity index (χ3n) is 0.812. The number of carbonyl (C=O) groups excluding carboxylic acids is 1. The van der Waals surface area contributed by atoms with E-state index in [1.807, 2.05) is 0 Å². The quantitative estimate of drug-likeness (QED) is 0.657. The molecule has 7 heteroatoms. The zero-order valence-electron chi connectivity index (χ0n) is 7.05. The Hall–Kier alpha value is -1.27. The summed E-state index contributed by atoms with van der Waals surface area (Å²) in [4.78, 5) is 18.8. The van der Waals surface area contributed by atoms with E-state index in [2.05, 4.69) is 0 Å². The molecule has 0 heterocycles. The maximum Gasteiger partial charge on any atom is 0.490 e. The minimum absolute atomic E-state index is 0.00926. The molecule has 0 aliphatic carbocycles. The summed E-state index contributed by atoms with van der Waals surface area (Å²) in [6.07, 6.45) is -5.08. The molecular formula is C6H10F3NO3. The van der Waals surface area contributed by atoms with Crippen molar-refractivity contribution in [3.8, 4) is 0 Å². The second-order valence-corrected chi connectivity index (χ2v) is 2.36. The van der Waals surface area contributed by atoms with Crippen LogP contribution < -0.4 is 5.73 Å². The Kier molecular flexibility index (Phi) is 5.91. The minimum atomic E-state index is -5.08. The Bertz CT molecular complexity index is 188. The minimum Gasteiger partial charge on any atom is -0.475 e. The van der Waals surface area contributed by atoms with E-state index in [9.17, 15) is 18.0 Å². The van der Waals surface area contributed by atoms with Gasteiger partial charge in [-0.2, -0.15) is 13.2 Å². The van der Waals surface area contributed by atoms with Crippen LogP contribution in [0.25, 0.3) is 0 Å². The molecule has 1 amide bonds.